The third-order valence-electron chi connectivity index (χ3n) is 2.78. The molecule has 0 aromatic heterocycles. The van der Waals surface area contributed by atoms with Crippen LogP contribution in [0.2, 0.25) is 0 Å². The van der Waals surface area contributed by atoms with E-state index in [-0.39, 0.29) is 23.0 Å². The van der Waals surface area contributed by atoms with Crippen molar-refractivity contribution >= 4 is 15.9 Å². The molecule has 0 bridgehead atoms. The van der Waals surface area contributed by atoms with E-state index in [4.69, 9.17) is 0 Å². The summed E-state index contributed by atoms with van der Waals surface area (Å²) in [6.45, 7) is 4.55. The van der Waals surface area contributed by atoms with Gasteiger partial charge in [0.05, 0.1) is 12.1 Å². The van der Waals surface area contributed by atoms with Crippen LogP contribution in [0, 0.1) is 0 Å². The van der Waals surface area contributed by atoms with Crippen LogP contribution in [-0.4, -0.2) is 37.8 Å². The van der Waals surface area contributed by atoms with Gasteiger partial charge < -0.3 is 5.32 Å². The first-order valence-electron chi connectivity index (χ1n) is 5.84. The van der Waals surface area contributed by atoms with Gasteiger partial charge in [0, 0.05) is 12.6 Å². The smallest absolute Gasteiger partial charge is 0.269 e. The second kappa shape index (κ2) is 4.70. The summed E-state index contributed by atoms with van der Waals surface area (Å²) in [5.74, 6) is -0.434. The molecule has 98 valence electrons. The lowest BCUT2D eigenvalue weighted by molar-refractivity contribution is 0.0871. The molecule has 1 heterocycles. The Kier molecular flexibility index (Phi) is 3.41. The van der Waals surface area contributed by atoms with Crippen LogP contribution < -0.4 is 5.32 Å². The molecule has 6 heteroatoms. The van der Waals surface area contributed by atoms with E-state index in [1.807, 2.05) is 13.8 Å². The van der Waals surface area contributed by atoms with Gasteiger partial charge >= 0.3 is 0 Å². The second-order valence-electron chi connectivity index (χ2n) is 4.49. The number of nitrogens with one attached hydrogen (secondary N) is 1. The monoisotopic (exact) mass is 268 g/mol. The molecule has 0 unspecified atom stereocenters. The zero-order chi connectivity index (χ0) is 13.3. The highest BCUT2D eigenvalue weighted by atomic mass is 32.2. The molecule has 5 nitrogen and oxygen atoms in total. The molecule has 0 spiro atoms. The molecule has 0 saturated carbocycles. The lowest BCUT2D eigenvalue weighted by atomic mass is 10.2. The van der Waals surface area contributed by atoms with Gasteiger partial charge in [-0.05, 0) is 12.1 Å². The Labute approximate surface area is 107 Å². The van der Waals surface area contributed by atoms with E-state index in [2.05, 4.69) is 5.32 Å². The van der Waals surface area contributed by atoms with E-state index >= 15 is 0 Å². The number of nitrogens with zero attached hydrogens (tertiary/aromatic N) is 1. The zero-order valence-electron chi connectivity index (χ0n) is 10.4. The standard InChI is InChI=1S/C12H16N2O3S/c1-9(2)13-7-8-14-12(15)10-5-3-4-6-11(10)18(14,16)17/h3-6,9,13H,7-8H2,1-2H3. The van der Waals surface area contributed by atoms with Crippen molar-refractivity contribution in [3.8, 4) is 0 Å². The number of hydrogen-bond acceptors (Lipinski definition) is 4. The summed E-state index contributed by atoms with van der Waals surface area (Å²) in [5, 5.41) is 3.10. The van der Waals surface area contributed by atoms with Gasteiger partial charge in [-0.25, -0.2) is 12.7 Å². The number of hydrogen-bond donors (Lipinski definition) is 1. The Bertz CT molecular complexity index is 566. The fourth-order valence-corrected chi connectivity index (χ4v) is 3.48. The molecule has 1 aromatic rings. The van der Waals surface area contributed by atoms with Crippen LogP contribution in [0.15, 0.2) is 29.2 Å². The summed E-state index contributed by atoms with van der Waals surface area (Å²) in [6, 6.07) is 6.57. The van der Waals surface area contributed by atoms with Crippen molar-refractivity contribution < 1.29 is 13.2 Å². The van der Waals surface area contributed by atoms with Crippen LogP contribution in [0.4, 0.5) is 0 Å². The Hall–Kier alpha value is -1.40. The largest absolute Gasteiger partial charge is 0.313 e. The quantitative estimate of drug-likeness (QED) is 0.878. The van der Waals surface area contributed by atoms with E-state index < -0.39 is 15.9 Å². The Morgan fingerprint density at radius 2 is 1.94 bits per heavy atom. The molecule has 0 fully saturated rings. The predicted octanol–water partition coefficient (Wildman–Crippen LogP) is 0.829. The number of rotatable bonds is 4. The summed E-state index contributed by atoms with van der Waals surface area (Å²) < 4.78 is 25.2. The number of sulfonamides is 1. The van der Waals surface area contributed by atoms with Crippen molar-refractivity contribution in [3.05, 3.63) is 29.8 Å². The van der Waals surface area contributed by atoms with Crippen molar-refractivity contribution in [1.82, 2.24) is 9.62 Å². The van der Waals surface area contributed by atoms with E-state index in [1.165, 1.54) is 6.07 Å². The average Bonchev–Trinajstić information content (AvgIpc) is 2.50. The lowest BCUT2D eigenvalue weighted by Gasteiger charge is -2.16. The Balaban J connectivity index is 2.23. The maximum atomic E-state index is 12.1. The van der Waals surface area contributed by atoms with Crippen molar-refractivity contribution in [2.45, 2.75) is 24.8 Å². The molecular weight excluding hydrogens is 252 g/mol. The van der Waals surface area contributed by atoms with Crippen molar-refractivity contribution in [2.24, 2.45) is 0 Å². The lowest BCUT2D eigenvalue weighted by Crippen LogP contribution is -2.38. The van der Waals surface area contributed by atoms with Gasteiger partial charge in [0.1, 0.15) is 4.90 Å². The van der Waals surface area contributed by atoms with Crippen LogP contribution in [0.3, 0.4) is 0 Å². The highest BCUT2D eigenvalue weighted by Crippen LogP contribution is 2.29. The minimum atomic E-state index is -3.65. The van der Waals surface area contributed by atoms with Crippen molar-refractivity contribution in [3.63, 3.8) is 0 Å². The van der Waals surface area contributed by atoms with Crippen LogP contribution in [0.1, 0.15) is 24.2 Å². The van der Waals surface area contributed by atoms with E-state index in [1.54, 1.807) is 18.2 Å². The molecule has 2 rings (SSSR count). The molecule has 0 atom stereocenters. The predicted molar refractivity (Wildman–Crippen MR) is 67.8 cm³/mol. The fraction of sp³-hybridized carbons (Fsp3) is 0.417. The molecule has 0 saturated heterocycles. The molecule has 1 aliphatic heterocycles. The molecule has 0 aliphatic carbocycles. The SMILES string of the molecule is CC(C)NCCN1C(=O)c2ccccc2S1(=O)=O. The van der Waals surface area contributed by atoms with Gasteiger partial charge in [-0.3, -0.25) is 4.79 Å². The molecule has 0 radical (unpaired) electrons. The van der Waals surface area contributed by atoms with E-state index in [9.17, 15) is 13.2 Å². The van der Waals surface area contributed by atoms with E-state index in [0.717, 1.165) is 4.31 Å². The maximum absolute atomic E-state index is 12.1. The first kappa shape index (κ1) is 13.0. The minimum Gasteiger partial charge on any atom is -0.313 e. The first-order valence-corrected chi connectivity index (χ1v) is 7.28. The van der Waals surface area contributed by atoms with Crippen LogP contribution in [0.25, 0.3) is 0 Å². The van der Waals surface area contributed by atoms with Gasteiger partial charge in [-0.1, -0.05) is 26.0 Å². The number of carbonyl (C=O) groups excluding carboxylic acids is 1. The van der Waals surface area contributed by atoms with Crippen LogP contribution in [0.5, 0.6) is 0 Å². The number of amides is 1. The van der Waals surface area contributed by atoms with Crippen molar-refractivity contribution in [1.29, 1.82) is 0 Å². The Morgan fingerprint density at radius 3 is 2.56 bits per heavy atom. The van der Waals surface area contributed by atoms with Gasteiger partial charge in [0.25, 0.3) is 15.9 Å². The normalized spacial score (nSPS) is 17.3. The van der Waals surface area contributed by atoms with Gasteiger partial charge in [-0.15, -0.1) is 0 Å². The van der Waals surface area contributed by atoms with E-state index in [0.29, 0.717) is 6.54 Å². The molecule has 18 heavy (non-hydrogen) atoms. The summed E-state index contributed by atoms with van der Waals surface area (Å²) in [5.41, 5.74) is 0.266. The summed E-state index contributed by atoms with van der Waals surface area (Å²) >= 11 is 0. The van der Waals surface area contributed by atoms with Gasteiger partial charge in [0.2, 0.25) is 0 Å². The third kappa shape index (κ3) is 2.13. The highest BCUT2D eigenvalue weighted by Gasteiger charge is 2.40. The minimum absolute atomic E-state index is 0.111. The fourth-order valence-electron chi connectivity index (χ4n) is 1.91. The van der Waals surface area contributed by atoms with Crippen molar-refractivity contribution in [2.75, 3.05) is 13.1 Å². The number of carbonyl (C=O) groups is 1. The van der Waals surface area contributed by atoms with Crippen LogP contribution >= 0.6 is 0 Å². The Morgan fingerprint density at radius 1 is 1.28 bits per heavy atom. The molecule has 1 amide bonds. The van der Waals surface area contributed by atoms with Gasteiger partial charge in [0.15, 0.2) is 0 Å². The molecule has 1 aliphatic rings. The van der Waals surface area contributed by atoms with Crippen LogP contribution in [-0.2, 0) is 10.0 Å². The number of benzene rings is 1. The summed E-state index contributed by atoms with van der Waals surface area (Å²) in [4.78, 5) is 12.1. The third-order valence-corrected chi connectivity index (χ3v) is 4.62. The molecule has 1 aromatic carbocycles. The molecule has 1 N–H and O–H groups in total. The zero-order valence-corrected chi connectivity index (χ0v) is 11.2. The maximum Gasteiger partial charge on any atom is 0.269 e. The number of fused-ring (bicyclic) bond motifs is 1. The summed E-state index contributed by atoms with van der Waals surface area (Å²) in [6.07, 6.45) is 0. The highest BCUT2D eigenvalue weighted by molar-refractivity contribution is 7.90. The first-order chi connectivity index (χ1) is 8.44. The summed E-state index contributed by atoms with van der Waals surface area (Å²) in [7, 11) is -3.65. The average molecular weight is 268 g/mol. The topological polar surface area (TPSA) is 66.5 Å². The second-order valence-corrected chi connectivity index (χ2v) is 6.32. The molecular formula is C12H16N2O3S. The van der Waals surface area contributed by atoms with Gasteiger partial charge in [-0.2, -0.15) is 0 Å².